The van der Waals surface area contributed by atoms with Crippen molar-refractivity contribution in [3.8, 4) is 0 Å². The van der Waals surface area contributed by atoms with Crippen LogP contribution in [-0.2, 0) is 0 Å². The van der Waals surface area contributed by atoms with E-state index < -0.39 is 5.60 Å². The van der Waals surface area contributed by atoms with Crippen molar-refractivity contribution in [2.75, 3.05) is 13.1 Å². The van der Waals surface area contributed by atoms with Crippen LogP contribution in [0.25, 0.3) is 0 Å². The summed E-state index contributed by atoms with van der Waals surface area (Å²) >= 11 is 3.40. The van der Waals surface area contributed by atoms with Gasteiger partial charge in [-0.05, 0) is 36.6 Å². The Balaban J connectivity index is 2.10. The number of aliphatic hydroxyl groups is 1. The van der Waals surface area contributed by atoms with E-state index in [1.165, 1.54) is 0 Å². The number of amides is 1. The van der Waals surface area contributed by atoms with E-state index >= 15 is 0 Å². The summed E-state index contributed by atoms with van der Waals surface area (Å²) in [6.07, 6.45) is 0. The van der Waals surface area contributed by atoms with Gasteiger partial charge in [-0.1, -0.05) is 29.8 Å². The minimum Gasteiger partial charge on any atom is -0.386 e. The number of rotatable bonds is 2. The molecule has 4 heteroatoms. The number of hydrogen-bond donors (Lipinski definition) is 1. The van der Waals surface area contributed by atoms with Crippen LogP contribution in [0.4, 0.5) is 0 Å². The zero-order valence-corrected chi connectivity index (χ0v) is 12.5. The number of β-amino-alcohol motifs (C(OH)–C–C–N with tert-alkyl or cyclic N) is 1. The summed E-state index contributed by atoms with van der Waals surface area (Å²) in [6.45, 7) is 6.77. The van der Waals surface area contributed by atoms with Crippen molar-refractivity contribution in [3.05, 3.63) is 33.8 Å². The largest absolute Gasteiger partial charge is 0.386 e. The molecule has 1 saturated heterocycles. The third-order valence-electron chi connectivity index (χ3n) is 3.58. The summed E-state index contributed by atoms with van der Waals surface area (Å²) in [6, 6.07) is 5.67. The Morgan fingerprint density at radius 3 is 2.50 bits per heavy atom. The molecule has 1 aliphatic heterocycles. The zero-order valence-electron chi connectivity index (χ0n) is 10.9. The van der Waals surface area contributed by atoms with Crippen LogP contribution in [0.5, 0.6) is 0 Å². The van der Waals surface area contributed by atoms with Gasteiger partial charge in [-0.2, -0.15) is 0 Å². The average Bonchev–Trinajstić information content (AvgIpc) is 2.22. The van der Waals surface area contributed by atoms with E-state index in [0.717, 1.165) is 10.0 Å². The first-order chi connectivity index (χ1) is 8.32. The fourth-order valence-corrected chi connectivity index (χ4v) is 2.77. The highest BCUT2D eigenvalue weighted by atomic mass is 79.9. The van der Waals surface area contributed by atoms with E-state index in [9.17, 15) is 9.90 Å². The maximum atomic E-state index is 12.2. The molecule has 0 saturated carbocycles. The molecule has 0 radical (unpaired) electrons. The maximum Gasteiger partial charge on any atom is 0.254 e. The molecule has 0 aliphatic carbocycles. The van der Waals surface area contributed by atoms with Crippen molar-refractivity contribution in [1.29, 1.82) is 0 Å². The second kappa shape index (κ2) is 4.67. The summed E-state index contributed by atoms with van der Waals surface area (Å²) in [7, 11) is 0. The molecule has 1 N–H and O–H groups in total. The molecule has 1 heterocycles. The number of carbonyl (C=O) groups is 1. The summed E-state index contributed by atoms with van der Waals surface area (Å²) in [5.41, 5.74) is 1.01. The highest BCUT2D eigenvalue weighted by molar-refractivity contribution is 9.10. The minimum absolute atomic E-state index is 0.00951. The van der Waals surface area contributed by atoms with Gasteiger partial charge in [0.2, 0.25) is 0 Å². The van der Waals surface area contributed by atoms with E-state index in [1.807, 2.05) is 39.0 Å². The number of carbonyl (C=O) groups excluding carboxylic acids is 1. The lowest BCUT2D eigenvalue weighted by Gasteiger charge is -2.49. The lowest BCUT2D eigenvalue weighted by Crippen LogP contribution is -2.65. The predicted octanol–water partition coefficient (Wildman–Crippen LogP) is 2.60. The first kappa shape index (κ1) is 13.6. The lowest BCUT2D eigenvalue weighted by atomic mass is 9.82. The molecule has 1 aromatic carbocycles. The van der Waals surface area contributed by atoms with Gasteiger partial charge < -0.3 is 10.0 Å². The molecule has 0 spiro atoms. The van der Waals surface area contributed by atoms with Gasteiger partial charge in [-0.3, -0.25) is 4.79 Å². The standard InChI is InChI=1S/C14H18BrNO2/c1-9(2)14(18)7-16(8-14)13(17)11-4-10(3)5-12(15)6-11/h4-6,9,18H,7-8H2,1-3H3. The Kier molecular flexibility index (Phi) is 3.52. The number of halogens is 1. The Hall–Kier alpha value is -0.870. The van der Waals surface area contributed by atoms with Crippen molar-refractivity contribution >= 4 is 21.8 Å². The topological polar surface area (TPSA) is 40.5 Å². The molecule has 1 fully saturated rings. The molecule has 0 bridgehead atoms. The van der Waals surface area contributed by atoms with Crippen molar-refractivity contribution in [2.45, 2.75) is 26.4 Å². The van der Waals surface area contributed by atoms with Crippen LogP contribution in [0.3, 0.4) is 0 Å². The maximum absolute atomic E-state index is 12.2. The molecule has 0 unspecified atom stereocenters. The smallest absolute Gasteiger partial charge is 0.254 e. The number of nitrogens with zero attached hydrogens (tertiary/aromatic N) is 1. The molecule has 0 atom stereocenters. The minimum atomic E-state index is -0.712. The monoisotopic (exact) mass is 311 g/mol. The second-order valence-corrected chi connectivity index (χ2v) is 6.35. The number of aryl methyl sites for hydroxylation is 1. The quantitative estimate of drug-likeness (QED) is 0.912. The first-order valence-corrected chi connectivity index (χ1v) is 6.90. The van der Waals surface area contributed by atoms with Gasteiger partial charge in [-0.25, -0.2) is 0 Å². The van der Waals surface area contributed by atoms with Gasteiger partial charge in [0, 0.05) is 10.0 Å². The third-order valence-corrected chi connectivity index (χ3v) is 4.04. The molecule has 98 valence electrons. The van der Waals surface area contributed by atoms with Crippen LogP contribution in [0, 0.1) is 12.8 Å². The van der Waals surface area contributed by atoms with E-state index in [4.69, 9.17) is 0 Å². The van der Waals surface area contributed by atoms with Gasteiger partial charge in [-0.15, -0.1) is 0 Å². The van der Waals surface area contributed by atoms with Crippen molar-refractivity contribution in [3.63, 3.8) is 0 Å². The van der Waals surface area contributed by atoms with Crippen LogP contribution < -0.4 is 0 Å². The van der Waals surface area contributed by atoms with Crippen molar-refractivity contribution in [2.24, 2.45) is 5.92 Å². The van der Waals surface area contributed by atoms with Crippen LogP contribution in [-0.4, -0.2) is 34.6 Å². The van der Waals surface area contributed by atoms with Crippen LogP contribution in [0.1, 0.15) is 29.8 Å². The molecular formula is C14H18BrNO2. The Bertz CT molecular complexity index is 458. The number of likely N-dealkylation sites (tertiary alicyclic amines) is 1. The molecule has 1 aliphatic rings. The molecule has 1 aromatic rings. The first-order valence-electron chi connectivity index (χ1n) is 6.11. The highest BCUT2D eigenvalue weighted by Crippen LogP contribution is 2.30. The van der Waals surface area contributed by atoms with E-state index in [-0.39, 0.29) is 11.8 Å². The number of hydrogen-bond acceptors (Lipinski definition) is 2. The van der Waals surface area contributed by atoms with Gasteiger partial charge in [0.15, 0.2) is 0 Å². The molecule has 0 aromatic heterocycles. The van der Waals surface area contributed by atoms with Crippen molar-refractivity contribution in [1.82, 2.24) is 4.90 Å². The normalized spacial score (nSPS) is 17.8. The van der Waals surface area contributed by atoms with E-state index in [0.29, 0.717) is 18.7 Å². The summed E-state index contributed by atoms with van der Waals surface area (Å²) in [4.78, 5) is 13.9. The van der Waals surface area contributed by atoms with Crippen molar-refractivity contribution < 1.29 is 9.90 Å². The second-order valence-electron chi connectivity index (χ2n) is 5.44. The van der Waals surface area contributed by atoms with Gasteiger partial charge in [0.25, 0.3) is 5.91 Å². The average molecular weight is 312 g/mol. The van der Waals surface area contributed by atoms with Crippen LogP contribution in [0.2, 0.25) is 0 Å². The molecule has 3 nitrogen and oxygen atoms in total. The fourth-order valence-electron chi connectivity index (χ4n) is 2.17. The third kappa shape index (κ3) is 2.45. The molecule has 2 rings (SSSR count). The van der Waals surface area contributed by atoms with Gasteiger partial charge >= 0.3 is 0 Å². The fraction of sp³-hybridized carbons (Fsp3) is 0.500. The summed E-state index contributed by atoms with van der Waals surface area (Å²) < 4.78 is 0.908. The summed E-state index contributed by atoms with van der Waals surface area (Å²) in [5, 5.41) is 10.2. The SMILES string of the molecule is Cc1cc(Br)cc(C(=O)N2CC(O)(C(C)C)C2)c1. The van der Waals surface area contributed by atoms with Crippen LogP contribution in [0.15, 0.2) is 22.7 Å². The lowest BCUT2D eigenvalue weighted by molar-refractivity contribution is -0.110. The molecular weight excluding hydrogens is 294 g/mol. The predicted molar refractivity (Wildman–Crippen MR) is 74.6 cm³/mol. The Labute approximate surface area is 116 Å². The van der Waals surface area contributed by atoms with E-state index in [1.54, 1.807) is 4.90 Å². The van der Waals surface area contributed by atoms with Crippen LogP contribution >= 0.6 is 15.9 Å². The zero-order chi connectivity index (χ0) is 13.5. The molecule has 1 amide bonds. The Morgan fingerprint density at radius 2 is 2.00 bits per heavy atom. The van der Waals surface area contributed by atoms with Gasteiger partial charge in [0.05, 0.1) is 13.1 Å². The summed E-state index contributed by atoms with van der Waals surface area (Å²) in [5.74, 6) is 0.163. The highest BCUT2D eigenvalue weighted by Gasteiger charge is 2.45. The van der Waals surface area contributed by atoms with Gasteiger partial charge in [0.1, 0.15) is 5.60 Å². The Morgan fingerprint density at radius 1 is 1.39 bits per heavy atom. The number of benzene rings is 1. The molecule has 18 heavy (non-hydrogen) atoms. The van der Waals surface area contributed by atoms with E-state index in [2.05, 4.69) is 15.9 Å².